The normalized spacial score (nSPS) is 14.4. The van der Waals surface area contributed by atoms with Gasteiger partial charge in [-0.2, -0.15) is 0 Å². The molecule has 0 atom stereocenters. The van der Waals surface area contributed by atoms with E-state index < -0.39 is 0 Å². The van der Waals surface area contributed by atoms with E-state index in [2.05, 4.69) is 89.6 Å². The number of carbonyl (C=O) groups is 1. The van der Waals surface area contributed by atoms with Crippen molar-refractivity contribution in [3.05, 3.63) is 114 Å². The van der Waals surface area contributed by atoms with E-state index in [1.165, 1.54) is 16.7 Å². The third-order valence-corrected chi connectivity index (χ3v) is 6.71. The standard InChI is InChI=1S/C30H31N3O2/c1-23-12-14-24(15-13-23)27-22-31-28(35-27)16-17-29(34)32-18-20-33(21-19-32)30(25-8-4-2-5-9-25)26-10-6-3-7-11-26/h2-15,22,30H,16-21H2,1H3. The van der Waals surface area contributed by atoms with Gasteiger partial charge in [0.2, 0.25) is 5.91 Å². The Morgan fingerprint density at radius 2 is 1.46 bits per heavy atom. The zero-order valence-electron chi connectivity index (χ0n) is 20.1. The van der Waals surface area contributed by atoms with Gasteiger partial charge in [-0.05, 0) is 18.1 Å². The van der Waals surface area contributed by atoms with Gasteiger partial charge >= 0.3 is 0 Å². The van der Waals surface area contributed by atoms with Crippen molar-refractivity contribution in [3.63, 3.8) is 0 Å². The highest BCUT2D eigenvalue weighted by Gasteiger charge is 2.28. The van der Waals surface area contributed by atoms with Crippen LogP contribution in [0.5, 0.6) is 0 Å². The van der Waals surface area contributed by atoms with Crippen LogP contribution in [0, 0.1) is 6.92 Å². The molecule has 5 heteroatoms. The average molecular weight is 466 g/mol. The lowest BCUT2D eigenvalue weighted by atomic mass is 9.96. The second kappa shape index (κ2) is 10.7. The quantitative estimate of drug-likeness (QED) is 0.361. The fourth-order valence-corrected chi connectivity index (χ4v) is 4.76. The number of hydrogen-bond acceptors (Lipinski definition) is 4. The van der Waals surface area contributed by atoms with Crippen molar-refractivity contribution in [2.75, 3.05) is 26.2 Å². The first-order valence-electron chi connectivity index (χ1n) is 12.3. The lowest BCUT2D eigenvalue weighted by Gasteiger charge is -2.39. The van der Waals surface area contributed by atoms with E-state index in [9.17, 15) is 4.79 Å². The maximum atomic E-state index is 12.9. The fourth-order valence-electron chi connectivity index (χ4n) is 4.76. The number of carbonyl (C=O) groups excluding carboxylic acids is 1. The van der Waals surface area contributed by atoms with E-state index in [0.717, 1.165) is 37.5 Å². The van der Waals surface area contributed by atoms with Crippen LogP contribution in [0.4, 0.5) is 0 Å². The lowest BCUT2D eigenvalue weighted by Crippen LogP contribution is -2.49. The van der Waals surface area contributed by atoms with E-state index in [1.807, 2.05) is 17.0 Å². The van der Waals surface area contributed by atoms with Crippen molar-refractivity contribution in [2.24, 2.45) is 0 Å². The molecule has 5 nitrogen and oxygen atoms in total. The molecule has 178 valence electrons. The van der Waals surface area contributed by atoms with Gasteiger partial charge in [0.1, 0.15) is 0 Å². The Kier molecular flexibility index (Phi) is 7.05. The maximum Gasteiger partial charge on any atom is 0.223 e. The third-order valence-electron chi connectivity index (χ3n) is 6.71. The Morgan fingerprint density at radius 1 is 0.857 bits per heavy atom. The summed E-state index contributed by atoms with van der Waals surface area (Å²) in [5.74, 6) is 1.52. The second-order valence-electron chi connectivity index (χ2n) is 9.12. The Balaban J connectivity index is 1.18. The number of aryl methyl sites for hydroxylation is 2. The van der Waals surface area contributed by atoms with Crippen molar-refractivity contribution in [3.8, 4) is 11.3 Å². The molecule has 1 saturated heterocycles. The van der Waals surface area contributed by atoms with Gasteiger partial charge in [-0.1, -0.05) is 90.5 Å². The molecule has 0 bridgehead atoms. The molecule has 0 N–H and O–H groups in total. The van der Waals surface area contributed by atoms with Crippen LogP contribution in [0.15, 0.2) is 95.5 Å². The molecule has 35 heavy (non-hydrogen) atoms. The lowest BCUT2D eigenvalue weighted by molar-refractivity contribution is -0.133. The van der Waals surface area contributed by atoms with Crippen molar-refractivity contribution >= 4 is 5.91 Å². The molecule has 0 saturated carbocycles. The minimum atomic E-state index is 0.163. The Labute approximate surface area is 207 Å². The third kappa shape index (κ3) is 5.52. The molecule has 0 radical (unpaired) electrons. The summed E-state index contributed by atoms with van der Waals surface area (Å²) < 4.78 is 5.90. The zero-order valence-corrected chi connectivity index (χ0v) is 20.1. The summed E-state index contributed by atoms with van der Waals surface area (Å²) in [6.07, 6.45) is 2.67. The largest absolute Gasteiger partial charge is 0.441 e. The molecule has 0 spiro atoms. The smallest absolute Gasteiger partial charge is 0.223 e. The summed E-state index contributed by atoms with van der Waals surface area (Å²) >= 11 is 0. The highest BCUT2D eigenvalue weighted by molar-refractivity contribution is 5.76. The van der Waals surface area contributed by atoms with Crippen molar-refractivity contribution in [1.29, 1.82) is 0 Å². The summed E-state index contributed by atoms with van der Waals surface area (Å²) in [6, 6.07) is 29.6. The summed E-state index contributed by atoms with van der Waals surface area (Å²) in [5, 5.41) is 0. The van der Waals surface area contributed by atoms with Gasteiger partial charge in [0.25, 0.3) is 0 Å². The molecule has 0 aliphatic carbocycles. The zero-order chi connectivity index (χ0) is 24.0. The van der Waals surface area contributed by atoms with Crippen LogP contribution < -0.4 is 0 Å². The van der Waals surface area contributed by atoms with Crippen molar-refractivity contribution < 1.29 is 9.21 Å². The average Bonchev–Trinajstić information content (AvgIpc) is 3.39. The molecule has 4 aromatic rings. The first-order valence-corrected chi connectivity index (χ1v) is 12.3. The predicted molar refractivity (Wildman–Crippen MR) is 138 cm³/mol. The molecule has 1 aliphatic heterocycles. The number of hydrogen-bond donors (Lipinski definition) is 0. The summed E-state index contributed by atoms with van der Waals surface area (Å²) in [7, 11) is 0. The van der Waals surface area contributed by atoms with Crippen molar-refractivity contribution in [2.45, 2.75) is 25.8 Å². The number of amides is 1. The van der Waals surface area contributed by atoms with E-state index in [0.29, 0.717) is 18.7 Å². The number of piperazine rings is 1. The first-order chi connectivity index (χ1) is 17.2. The minimum Gasteiger partial charge on any atom is -0.441 e. The summed E-state index contributed by atoms with van der Waals surface area (Å²) in [6.45, 7) is 5.21. The van der Waals surface area contributed by atoms with Gasteiger partial charge in [-0.15, -0.1) is 0 Å². The van der Waals surface area contributed by atoms with Crippen LogP contribution in [-0.2, 0) is 11.2 Å². The van der Waals surface area contributed by atoms with E-state index in [1.54, 1.807) is 6.20 Å². The number of oxazole rings is 1. The molecule has 1 aromatic heterocycles. The fraction of sp³-hybridized carbons (Fsp3) is 0.267. The molecule has 0 unspecified atom stereocenters. The molecule has 3 aromatic carbocycles. The van der Waals surface area contributed by atoms with Crippen LogP contribution in [0.2, 0.25) is 0 Å². The Hall–Kier alpha value is -3.70. The topological polar surface area (TPSA) is 49.6 Å². The van der Waals surface area contributed by atoms with Gasteiger partial charge in [0.15, 0.2) is 11.7 Å². The van der Waals surface area contributed by atoms with Crippen LogP contribution in [0.25, 0.3) is 11.3 Å². The summed E-state index contributed by atoms with van der Waals surface area (Å²) in [4.78, 5) is 21.8. The van der Waals surface area contributed by atoms with Gasteiger partial charge < -0.3 is 9.32 Å². The SMILES string of the molecule is Cc1ccc(-c2cnc(CCC(=O)N3CCN(C(c4ccccc4)c4ccccc4)CC3)o2)cc1. The monoisotopic (exact) mass is 465 g/mol. The molecule has 2 heterocycles. The number of rotatable bonds is 7. The van der Waals surface area contributed by atoms with Crippen LogP contribution in [0.1, 0.15) is 35.0 Å². The summed E-state index contributed by atoms with van der Waals surface area (Å²) in [5.41, 5.74) is 4.78. The maximum absolute atomic E-state index is 12.9. The highest BCUT2D eigenvalue weighted by Crippen LogP contribution is 2.29. The van der Waals surface area contributed by atoms with E-state index >= 15 is 0 Å². The van der Waals surface area contributed by atoms with E-state index in [-0.39, 0.29) is 11.9 Å². The van der Waals surface area contributed by atoms with Crippen molar-refractivity contribution in [1.82, 2.24) is 14.8 Å². The molecule has 1 amide bonds. The highest BCUT2D eigenvalue weighted by atomic mass is 16.4. The second-order valence-corrected chi connectivity index (χ2v) is 9.12. The van der Waals surface area contributed by atoms with Crippen LogP contribution in [-0.4, -0.2) is 46.9 Å². The molecular weight excluding hydrogens is 434 g/mol. The first kappa shape index (κ1) is 23.1. The van der Waals surface area contributed by atoms with Gasteiger partial charge in [-0.25, -0.2) is 4.98 Å². The number of nitrogens with zero attached hydrogens (tertiary/aromatic N) is 3. The minimum absolute atomic E-state index is 0.163. The predicted octanol–water partition coefficient (Wildman–Crippen LogP) is 5.52. The number of benzene rings is 3. The van der Waals surface area contributed by atoms with Crippen LogP contribution in [0.3, 0.4) is 0 Å². The van der Waals surface area contributed by atoms with Gasteiger partial charge in [0.05, 0.1) is 12.2 Å². The Bertz CT molecular complexity index is 1190. The number of aromatic nitrogens is 1. The van der Waals surface area contributed by atoms with Gasteiger partial charge in [-0.3, -0.25) is 9.69 Å². The van der Waals surface area contributed by atoms with Crippen LogP contribution >= 0.6 is 0 Å². The Morgan fingerprint density at radius 3 is 2.06 bits per heavy atom. The molecule has 5 rings (SSSR count). The van der Waals surface area contributed by atoms with E-state index in [4.69, 9.17) is 4.42 Å². The van der Waals surface area contributed by atoms with Gasteiger partial charge in [0, 0.05) is 44.6 Å². The molecule has 1 fully saturated rings. The molecular formula is C30H31N3O2. The molecule has 1 aliphatic rings.